The van der Waals surface area contributed by atoms with Crippen molar-refractivity contribution in [2.24, 2.45) is 11.3 Å². The zero-order chi connectivity index (χ0) is 15.6. The summed E-state index contributed by atoms with van der Waals surface area (Å²) < 4.78 is 0. The maximum absolute atomic E-state index is 12.9. The molecule has 1 amide bonds. The van der Waals surface area contributed by atoms with E-state index in [0.29, 0.717) is 22.5 Å². The number of hydrogen-bond donors (Lipinski definition) is 1. The zero-order valence-corrected chi connectivity index (χ0v) is 14.3. The summed E-state index contributed by atoms with van der Waals surface area (Å²) in [4.78, 5) is 14.7. The fraction of sp³-hybridized carbons (Fsp3) is 0.562. The molecule has 0 aliphatic carbocycles. The SMILES string of the molecule is CC(C)C1(C(=O)N(C)Cc2cccc(Cl)c2Cl)CCNC1. The van der Waals surface area contributed by atoms with Gasteiger partial charge in [0.15, 0.2) is 0 Å². The van der Waals surface area contributed by atoms with Crippen molar-refractivity contribution < 1.29 is 4.79 Å². The van der Waals surface area contributed by atoms with Crippen LogP contribution in [0.1, 0.15) is 25.8 Å². The molecule has 1 aliphatic heterocycles. The Morgan fingerprint density at radius 1 is 1.43 bits per heavy atom. The van der Waals surface area contributed by atoms with Gasteiger partial charge in [-0.3, -0.25) is 4.79 Å². The largest absolute Gasteiger partial charge is 0.341 e. The van der Waals surface area contributed by atoms with E-state index in [1.54, 1.807) is 11.0 Å². The number of carbonyl (C=O) groups excluding carboxylic acids is 1. The molecule has 5 heteroatoms. The zero-order valence-electron chi connectivity index (χ0n) is 12.7. The number of benzene rings is 1. The van der Waals surface area contributed by atoms with E-state index < -0.39 is 0 Å². The van der Waals surface area contributed by atoms with E-state index in [9.17, 15) is 4.79 Å². The van der Waals surface area contributed by atoms with Crippen molar-refractivity contribution in [3.63, 3.8) is 0 Å². The molecule has 0 spiro atoms. The summed E-state index contributed by atoms with van der Waals surface area (Å²) in [6.07, 6.45) is 0.886. The van der Waals surface area contributed by atoms with Gasteiger partial charge < -0.3 is 10.2 Å². The summed E-state index contributed by atoms with van der Waals surface area (Å²) in [7, 11) is 1.84. The Labute approximate surface area is 136 Å². The van der Waals surface area contributed by atoms with Gasteiger partial charge in [0.05, 0.1) is 15.5 Å². The Morgan fingerprint density at radius 3 is 2.71 bits per heavy atom. The molecule has 1 aromatic carbocycles. The van der Waals surface area contributed by atoms with Crippen LogP contribution in [0.4, 0.5) is 0 Å². The molecule has 1 saturated heterocycles. The molecule has 2 rings (SSSR count). The van der Waals surface area contributed by atoms with Crippen LogP contribution in [0.15, 0.2) is 18.2 Å². The first-order valence-electron chi connectivity index (χ1n) is 7.27. The van der Waals surface area contributed by atoms with Crippen LogP contribution in [0.2, 0.25) is 10.0 Å². The highest BCUT2D eigenvalue weighted by Crippen LogP contribution is 2.36. The van der Waals surface area contributed by atoms with Crippen molar-refractivity contribution in [2.45, 2.75) is 26.8 Å². The Bertz CT molecular complexity index is 525. The second-order valence-electron chi connectivity index (χ2n) is 6.11. The van der Waals surface area contributed by atoms with Gasteiger partial charge in [-0.25, -0.2) is 0 Å². The third-order valence-corrected chi connectivity index (χ3v) is 5.36. The lowest BCUT2D eigenvalue weighted by atomic mass is 9.75. The molecule has 0 saturated carbocycles. The van der Waals surface area contributed by atoms with Gasteiger partial charge in [-0.1, -0.05) is 49.2 Å². The van der Waals surface area contributed by atoms with Crippen LogP contribution in [-0.2, 0) is 11.3 Å². The molecule has 1 atom stereocenters. The summed E-state index contributed by atoms with van der Waals surface area (Å²) in [5.74, 6) is 0.482. The van der Waals surface area contributed by atoms with E-state index in [2.05, 4.69) is 19.2 Å². The minimum absolute atomic E-state index is 0.179. The lowest BCUT2D eigenvalue weighted by Gasteiger charge is -2.35. The maximum atomic E-state index is 12.9. The van der Waals surface area contributed by atoms with Gasteiger partial charge in [0.1, 0.15) is 0 Å². The molecule has 0 radical (unpaired) electrons. The van der Waals surface area contributed by atoms with Crippen molar-refractivity contribution in [2.75, 3.05) is 20.1 Å². The summed E-state index contributed by atoms with van der Waals surface area (Å²) in [6, 6.07) is 5.52. The average Bonchev–Trinajstić information content (AvgIpc) is 2.93. The van der Waals surface area contributed by atoms with Gasteiger partial charge in [-0.2, -0.15) is 0 Å². The fourth-order valence-corrected chi connectivity index (χ4v) is 3.39. The molecule has 1 N–H and O–H groups in total. The van der Waals surface area contributed by atoms with E-state index in [1.165, 1.54) is 0 Å². The third kappa shape index (κ3) is 3.20. The molecule has 1 aliphatic rings. The Hall–Kier alpha value is -0.770. The first-order chi connectivity index (χ1) is 9.88. The van der Waals surface area contributed by atoms with E-state index in [1.807, 2.05) is 19.2 Å². The lowest BCUT2D eigenvalue weighted by molar-refractivity contribution is -0.142. The van der Waals surface area contributed by atoms with Crippen LogP contribution in [-0.4, -0.2) is 30.9 Å². The predicted octanol–water partition coefficient (Wildman–Crippen LogP) is 3.59. The van der Waals surface area contributed by atoms with Crippen molar-refractivity contribution in [1.29, 1.82) is 0 Å². The highest BCUT2D eigenvalue weighted by molar-refractivity contribution is 6.42. The van der Waals surface area contributed by atoms with Gasteiger partial charge in [0.25, 0.3) is 0 Å². The normalized spacial score (nSPS) is 21.8. The van der Waals surface area contributed by atoms with Crippen LogP contribution in [0.25, 0.3) is 0 Å². The monoisotopic (exact) mass is 328 g/mol. The quantitative estimate of drug-likeness (QED) is 0.916. The molecule has 1 unspecified atom stereocenters. The fourth-order valence-electron chi connectivity index (χ4n) is 3.01. The van der Waals surface area contributed by atoms with Crippen LogP contribution < -0.4 is 5.32 Å². The molecule has 1 fully saturated rings. The van der Waals surface area contributed by atoms with E-state index in [0.717, 1.165) is 25.1 Å². The van der Waals surface area contributed by atoms with Crippen molar-refractivity contribution in [3.8, 4) is 0 Å². The van der Waals surface area contributed by atoms with Crippen LogP contribution in [0.3, 0.4) is 0 Å². The molecular weight excluding hydrogens is 307 g/mol. The second-order valence-corrected chi connectivity index (χ2v) is 6.90. The molecule has 1 aromatic rings. The lowest BCUT2D eigenvalue weighted by Crippen LogP contribution is -2.46. The van der Waals surface area contributed by atoms with Crippen molar-refractivity contribution >= 4 is 29.1 Å². The Kier molecular flexibility index (Phi) is 5.18. The standard InChI is InChI=1S/C16H22Cl2N2O/c1-11(2)16(7-8-19-10-16)15(21)20(3)9-12-5-4-6-13(17)14(12)18/h4-6,11,19H,7-10H2,1-3H3. The van der Waals surface area contributed by atoms with Gasteiger partial charge >= 0.3 is 0 Å². The van der Waals surface area contributed by atoms with Gasteiger partial charge in [-0.15, -0.1) is 0 Å². The van der Waals surface area contributed by atoms with Crippen LogP contribution in [0.5, 0.6) is 0 Å². The van der Waals surface area contributed by atoms with Crippen LogP contribution in [0, 0.1) is 11.3 Å². The molecule has 0 bridgehead atoms. The molecule has 21 heavy (non-hydrogen) atoms. The first-order valence-corrected chi connectivity index (χ1v) is 8.03. The molecular formula is C16H22Cl2N2O. The average molecular weight is 329 g/mol. The number of hydrogen-bond acceptors (Lipinski definition) is 2. The summed E-state index contributed by atoms with van der Waals surface area (Å²) in [5.41, 5.74) is 0.574. The summed E-state index contributed by atoms with van der Waals surface area (Å²) in [6.45, 7) is 6.36. The Balaban J connectivity index is 2.17. The number of nitrogens with one attached hydrogen (secondary N) is 1. The van der Waals surface area contributed by atoms with Crippen molar-refractivity contribution in [3.05, 3.63) is 33.8 Å². The van der Waals surface area contributed by atoms with Crippen LogP contribution >= 0.6 is 23.2 Å². The summed E-state index contributed by atoms with van der Waals surface area (Å²) in [5, 5.41) is 4.37. The minimum Gasteiger partial charge on any atom is -0.341 e. The smallest absolute Gasteiger partial charge is 0.230 e. The van der Waals surface area contributed by atoms with Gasteiger partial charge in [-0.05, 0) is 30.5 Å². The predicted molar refractivity (Wildman–Crippen MR) is 87.7 cm³/mol. The molecule has 0 aromatic heterocycles. The number of amides is 1. The van der Waals surface area contributed by atoms with E-state index in [-0.39, 0.29) is 11.3 Å². The van der Waals surface area contributed by atoms with E-state index in [4.69, 9.17) is 23.2 Å². The summed E-state index contributed by atoms with van der Waals surface area (Å²) >= 11 is 12.3. The molecule has 116 valence electrons. The highest BCUT2D eigenvalue weighted by Gasteiger charge is 2.45. The maximum Gasteiger partial charge on any atom is 0.230 e. The van der Waals surface area contributed by atoms with Gasteiger partial charge in [0.2, 0.25) is 5.91 Å². The number of halogens is 2. The second kappa shape index (κ2) is 6.55. The van der Waals surface area contributed by atoms with E-state index >= 15 is 0 Å². The van der Waals surface area contributed by atoms with Crippen molar-refractivity contribution in [1.82, 2.24) is 10.2 Å². The first kappa shape index (κ1) is 16.6. The Morgan fingerprint density at radius 2 is 2.14 bits per heavy atom. The number of rotatable bonds is 4. The topological polar surface area (TPSA) is 32.3 Å². The van der Waals surface area contributed by atoms with Gasteiger partial charge in [0, 0.05) is 20.1 Å². The molecule has 3 nitrogen and oxygen atoms in total. The highest BCUT2D eigenvalue weighted by atomic mass is 35.5. The third-order valence-electron chi connectivity index (χ3n) is 4.51. The number of nitrogens with zero attached hydrogens (tertiary/aromatic N) is 1. The molecule has 1 heterocycles. The minimum atomic E-state index is -0.306. The number of carbonyl (C=O) groups is 1.